The van der Waals surface area contributed by atoms with E-state index < -0.39 is 0 Å². The number of pyridine rings is 1. The van der Waals surface area contributed by atoms with E-state index in [-0.39, 0.29) is 0 Å². The Morgan fingerprint density at radius 1 is 1.33 bits per heavy atom. The van der Waals surface area contributed by atoms with Crippen molar-refractivity contribution in [1.29, 1.82) is 0 Å². The highest BCUT2D eigenvalue weighted by molar-refractivity contribution is 6.17. The predicted octanol–water partition coefficient (Wildman–Crippen LogP) is 2.35. The zero-order chi connectivity index (χ0) is 12.5. The van der Waals surface area contributed by atoms with Gasteiger partial charge < -0.3 is 9.47 Å². The summed E-state index contributed by atoms with van der Waals surface area (Å²) in [6.07, 6.45) is 3.88. The normalized spacial score (nSPS) is 14.7. The number of imidazole rings is 1. The molecule has 18 heavy (non-hydrogen) atoms. The summed E-state index contributed by atoms with van der Waals surface area (Å²) in [6.45, 7) is 4.76. The zero-order valence-corrected chi connectivity index (χ0v) is 11.1. The Morgan fingerprint density at radius 2 is 2.22 bits per heavy atom. The van der Waals surface area contributed by atoms with Crippen molar-refractivity contribution in [3.05, 3.63) is 41.6 Å². The number of aromatic nitrogens is 3. The average Bonchev–Trinajstić information content (AvgIpc) is 2.85. The number of fused-ring (bicyclic) bond motifs is 1. The van der Waals surface area contributed by atoms with E-state index in [1.54, 1.807) is 0 Å². The van der Waals surface area contributed by atoms with Gasteiger partial charge in [0.1, 0.15) is 11.6 Å². The molecule has 2 aromatic heterocycles. The summed E-state index contributed by atoms with van der Waals surface area (Å²) < 4.78 is 2.19. The largest absolute Gasteiger partial charge is 0.347 e. The Hall–Kier alpha value is -1.55. The van der Waals surface area contributed by atoms with Crippen LogP contribution in [-0.4, -0.2) is 21.1 Å². The standard InChI is InChI=1S/C13H15ClN4/c1-10-11(8-14)2-3-12(16-10)18-7-6-17-5-4-15-13(17)9-18/h2-5H,6-9H2,1H3. The van der Waals surface area contributed by atoms with Crippen molar-refractivity contribution in [3.8, 4) is 0 Å². The monoisotopic (exact) mass is 262 g/mol. The van der Waals surface area contributed by atoms with Gasteiger partial charge in [0.15, 0.2) is 0 Å². The SMILES string of the molecule is Cc1nc(N2CCn3ccnc3C2)ccc1CCl. The van der Waals surface area contributed by atoms with Gasteiger partial charge in [-0.05, 0) is 18.6 Å². The highest BCUT2D eigenvalue weighted by Crippen LogP contribution is 2.20. The maximum Gasteiger partial charge on any atom is 0.129 e. The maximum atomic E-state index is 5.86. The molecule has 0 N–H and O–H groups in total. The van der Waals surface area contributed by atoms with Gasteiger partial charge in [0, 0.05) is 37.1 Å². The third kappa shape index (κ3) is 1.97. The van der Waals surface area contributed by atoms with Crippen molar-refractivity contribution in [2.45, 2.75) is 25.9 Å². The Morgan fingerprint density at radius 3 is 3.00 bits per heavy atom. The van der Waals surface area contributed by atoms with Crippen LogP contribution in [0.5, 0.6) is 0 Å². The lowest BCUT2D eigenvalue weighted by Gasteiger charge is -2.29. The summed E-state index contributed by atoms with van der Waals surface area (Å²) in [4.78, 5) is 11.2. The summed E-state index contributed by atoms with van der Waals surface area (Å²) in [5, 5.41) is 0. The molecule has 1 aliphatic heterocycles. The van der Waals surface area contributed by atoms with E-state index in [1.807, 2.05) is 25.4 Å². The fourth-order valence-electron chi connectivity index (χ4n) is 2.26. The fraction of sp³-hybridized carbons (Fsp3) is 0.385. The summed E-state index contributed by atoms with van der Waals surface area (Å²) in [6, 6.07) is 4.11. The van der Waals surface area contributed by atoms with Crippen molar-refractivity contribution in [2.75, 3.05) is 11.4 Å². The van der Waals surface area contributed by atoms with Crippen molar-refractivity contribution in [1.82, 2.24) is 14.5 Å². The molecule has 0 aromatic carbocycles. The minimum atomic E-state index is 0.517. The second kappa shape index (κ2) is 4.61. The third-order valence-corrected chi connectivity index (χ3v) is 3.68. The Balaban J connectivity index is 1.86. The van der Waals surface area contributed by atoms with Gasteiger partial charge in [-0.3, -0.25) is 0 Å². The van der Waals surface area contributed by atoms with E-state index in [0.717, 1.165) is 42.5 Å². The number of aryl methyl sites for hydroxylation is 1. The van der Waals surface area contributed by atoms with Crippen LogP contribution in [0.15, 0.2) is 24.5 Å². The molecule has 3 heterocycles. The number of anilines is 1. The number of hydrogen-bond acceptors (Lipinski definition) is 3. The predicted molar refractivity (Wildman–Crippen MR) is 71.8 cm³/mol. The third-order valence-electron chi connectivity index (χ3n) is 3.39. The molecule has 0 atom stereocenters. The van der Waals surface area contributed by atoms with Crippen LogP contribution < -0.4 is 4.90 Å². The van der Waals surface area contributed by atoms with Gasteiger partial charge in [-0.15, -0.1) is 11.6 Å². The number of nitrogens with zero attached hydrogens (tertiary/aromatic N) is 4. The molecular weight excluding hydrogens is 248 g/mol. The number of alkyl halides is 1. The Kier molecular flexibility index (Phi) is 2.96. The van der Waals surface area contributed by atoms with Crippen LogP contribution in [0.2, 0.25) is 0 Å². The lowest BCUT2D eigenvalue weighted by Crippen LogP contribution is -2.34. The summed E-state index contributed by atoms with van der Waals surface area (Å²) in [5.74, 6) is 2.63. The molecule has 0 bridgehead atoms. The fourth-order valence-corrected chi connectivity index (χ4v) is 2.55. The molecule has 0 aliphatic carbocycles. The van der Waals surface area contributed by atoms with E-state index in [0.29, 0.717) is 5.88 Å². The molecule has 3 rings (SSSR count). The van der Waals surface area contributed by atoms with E-state index in [1.165, 1.54) is 0 Å². The van der Waals surface area contributed by atoms with Crippen LogP contribution in [0.3, 0.4) is 0 Å². The minimum Gasteiger partial charge on any atom is -0.347 e. The summed E-state index contributed by atoms with van der Waals surface area (Å²) in [5.41, 5.74) is 2.11. The molecule has 0 amide bonds. The van der Waals surface area contributed by atoms with Gasteiger partial charge in [0.25, 0.3) is 0 Å². The first-order valence-electron chi connectivity index (χ1n) is 6.05. The van der Waals surface area contributed by atoms with Crippen molar-refractivity contribution in [2.24, 2.45) is 0 Å². The second-order valence-corrected chi connectivity index (χ2v) is 4.77. The first-order chi connectivity index (χ1) is 8.78. The molecule has 0 saturated carbocycles. The van der Waals surface area contributed by atoms with Crippen LogP contribution in [-0.2, 0) is 19.0 Å². The molecule has 0 spiro atoms. The number of hydrogen-bond donors (Lipinski definition) is 0. The van der Waals surface area contributed by atoms with Crippen LogP contribution in [0, 0.1) is 6.92 Å². The van der Waals surface area contributed by atoms with Crippen LogP contribution in [0.4, 0.5) is 5.82 Å². The molecule has 94 valence electrons. The number of rotatable bonds is 2. The van der Waals surface area contributed by atoms with E-state index in [9.17, 15) is 0 Å². The van der Waals surface area contributed by atoms with Gasteiger partial charge >= 0.3 is 0 Å². The quantitative estimate of drug-likeness (QED) is 0.779. The topological polar surface area (TPSA) is 34.0 Å². The molecule has 0 radical (unpaired) electrons. The zero-order valence-electron chi connectivity index (χ0n) is 10.3. The molecular formula is C13H15ClN4. The highest BCUT2D eigenvalue weighted by atomic mass is 35.5. The van der Waals surface area contributed by atoms with Gasteiger partial charge in [0.2, 0.25) is 0 Å². The molecule has 5 heteroatoms. The Bertz CT molecular complexity index is 564. The molecule has 4 nitrogen and oxygen atoms in total. The van der Waals surface area contributed by atoms with Crippen molar-refractivity contribution >= 4 is 17.4 Å². The van der Waals surface area contributed by atoms with Crippen molar-refractivity contribution < 1.29 is 0 Å². The lowest BCUT2D eigenvalue weighted by molar-refractivity contribution is 0.556. The first kappa shape index (κ1) is 11.5. The van der Waals surface area contributed by atoms with Crippen molar-refractivity contribution in [3.63, 3.8) is 0 Å². The summed E-state index contributed by atoms with van der Waals surface area (Å²) in [7, 11) is 0. The van der Waals surface area contributed by atoms with Crippen LogP contribution >= 0.6 is 11.6 Å². The van der Waals surface area contributed by atoms with Crippen LogP contribution in [0.25, 0.3) is 0 Å². The molecule has 0 saturated heterocycles. The molecule has 2 aromatic rings. The van der Waals surface area contributed by atoms with E-state index >= 15 is 0 Å². The second-order valence-electron chi connectivity index (χ2n) is 4.51. The van der Waals surface area contributed by atoms with E-state index in [4.69, 9.17) is 11.6 Å². The smallest absolute Gasteiger partial charge is 0.129 e. The number of halogens is 1. The van der Waals surface area contributed by atoms with Gasteiger partial charge in [0.05, 0.1) is 6.54 Å². The summed E-state index contributed by atoms with van der Waals surface area (Å²) >= 11 is 5.86. The van der Waals surface area contributed by atoms with E-state index in [2.05, 4.69) is 25.5 Å². The lowest BCUT2D eigenvalue weighted by atomic mass is 10.2. The van der Waals surface area contributed by atoms with Gasteiger partial charge in [-0.1, -0.05) is 6.07 Å². The Labute approximate surface area is 111 Å². The minimum absolute atomic E-state index is 0.517. The van der Waals surface area contributed by atoms with Crippen LogP contribution in [0.1, 0.15) is 17.1 Å². The van der Waals surface area contributed by atoms with Gasteiger partial charge in [-0.25, -0.2) is 9.97 Å². The maximum absolute atomic E-state index is 5.86. The highest BCUT2D eigenvalue weighted by Gasteiger charge is 2.18. The molecule has 0 fully saturated rings. The average molecular weight is 263 g/mol. The molecule has 0 unspecified atom stereocenters. The first-order valence-corrected chi connectivity index (χ1v) is 6.59. The van der Waals surface area contributed by atoms with Gasteiger partial charge in [-0.2, -0.15) is 0 Å². The molecule has 1 aliphatic rings.